The van der Waals surface area contributed by atoms with Gasteiger partial charge in [0.1, 0.15) is 5.82 Å². The third-order valence-electron chi connectivity index (χ3n) is 3.71. The lowest BCUT2D eigenvalue weighted by molar-refractivity contribution is 0.203. The highest BCUT2D eigenvalue weighted by Crippen LogP contribution is 2.39. The van der Waals surface area contributed by atoms with Gasteiger partial charge in [-0.3, -0.25) is 0 Å². The van der Waals surface area contributed by atoms with Gasteiger partial charge >= 0.3 is 0 Å². The average molecular weight is 287 g/mol. The normalized spacial score (nSPS) is 16.4. The van der Waals surface area contributed by atoms with Gasteiger partial charge < -0.3 is 15.4 Å². The van der Waals surface area contributed by atoms with Crippen molar-refractivity contribution >= 4 is 23.0 Å². The number of hydrogen-bond donors (Lipinski definition) is 1. The van der Waals surface area contributed by atoms with Crippen molar-refractivity contribution in [1.82, 2.24) is 0 Å². The van der Waals surface area contributed by atoms with Gasteiger partial charge in [-0.2, -0.15) is 0 Å². The lowest BCUT2D eigenvalue weighted by atomic mass is 10.1. The van der Waals surface area contributed by atoms with Gasteiger partial charge in [-0.25, -0.2) is 4.39 Å². The second-order valence-corrected chi connectivity index (χ2v) is 5.50. The van der Waals surface area contributed by atoms with Crippen LogP contribution >= 0.6 is 11.6 Å². The van der Waals surface area contributed by atoms with Gasteiger partial charge in [0.15, 0.2) is 0 Å². The summed E-state index contributed by atoms with van der Waals surface area (Å²) in [5, 5.41) is 0.106. The van der Waals surface area contributed by atoms with Crippen molar-refractivity contribution in [2.24, 2.45) is 5.92 Å². The molecule has 0 aliphatic heterocycles. The van der Waals surface area contributed by atoms with Crippen LogP contribution < -0.4 is 10.6 Å². The number of anilines is 2. The van der Waals surface area contributed by atoms with Gasteiger partial charge in [-0.05, 0) is 31.7 Å². The minimum absolute atomic E-state index is 0.106. The van der Waals surface area contributed by atoms with E-state index >= 15 is 0 Å². The Balaban J connectivity index is 2.28. The molecule has 106 valence electrons. The van der Waals surface area contributed by atoms with Crippen molar-refractivity contribution in [3.05, 3.63) is 23.0 Å². The number of nitrogens with zero attached hydrogens (tertiary/aromatic N) is 1. The van der Waals surface area contributed by atoms with Crippen LogP contribution in [0.15, 0.2) is 12.1 Å². The van der Waals surface area contributed by atoms with Crippen LogP contribution in [-0.2, 0) is 4.74 Å². The molecule has 0 aromatic heterocycles. The summed E-state index contributed by atoms with van der Waals surface area (Å²) in [5.74, 6) is 0.203. The van der Waals surface area contributed by atoms with E-state index in [0.717, 1.165) is 12.2 Å². The van der Waals surface area contributed by atoms with Crippen molar-refractivity contribution < 1.29 is 9.13 Å². The minimum atomic E-state index is -0.478. The first-order valence-corrected chi connectivity index (χ1v) is 6.92. The van der Waals surface area contributed by atoms with Crippen LogP contribution in [0.5, 0.6) is 0 Å². The lowest BCUT2D eigenvalue weighted by Crippen LogP contribution is -2.37. The fraction of sp³-hybridized carbons (Fsp3) is 0.571. The standard InChI is InChI=1S/C14H20ClFN2O/c1-9(10-3-4-10)18(5-6-19-2)14-7-11(15)12(16)8-13(14)17/h7-10H,3-6,17H2,1-2H3. The van der Waals surface area contributed by atoms with Gasteiger partial charge in [0, 0.05) is 25.8 Å². The van der Waals surface area contributed by atoms with Crippen LogP contribution in [0.3, 0.4) is 0 Å². The van der Waals surface area contributed by atoms with E-state index in [1.807, 2.05) is 0 Å². The first kappa shape index (κ1) is 14.4. The van der Waals surface area contributed by atoms with Crippen LogP contribution in [0.25, 0.3) is 0 Å². The molecule has 1 aromatic carbocycles. The highest BCUT2D eigenvalue weighted by Gasteiger charge is 2.32. The molecule has 19 heavy (non-hydrogen) atoms. The Morgan fingerprint density at radius 1 is 1.53 bits per heavy atom. The lowest BCUT2D eigenvalue weighted by Gasteiger charge is -2.32. The molecule has 2 rings (SSSR count). The van der Waals surface area contributed by atoms with Crippen molar-refractivity contribution in [1.29, 1.82) is 0 Å². The highest BCUT2D eigenvalue weighted by atomic mass is 35.5. The zero-order chi connectivity index (χ0) is 14.0. The average Bonchev–Trinajstić information content (AvgIpc) is 3.19. The Morgan fingerprint density at radius 3 is 2.79 bits per heavy atom. The molecule has 1 saturated carbocycles. The molecule has 1 fully saturated rings. The van der Waals surface area contributed by atoms with E-state index in [0.29, 0.717) is 24.3 Å². The minimum Gasteiger partial charge on any atom is -0.397 e. The second kappa shape index (κ2) is 5.97. The molecule has 2 N–H and O–H groups in total. The summed E-state index contributed by atoms with van der Waals surface area (Å²) < 4.78 is 18.5. The van der Waals surface area contributed by atoms with Gasteiger partial charge in [0.2, 0.25) is 0 Å². The Morgan fingerprint density at radius 2 is 2.21 bits per heavy atom. The Labute approximate surface area is 118 Å². The van der Waals surface area contributed by atoms with E-state index in [1.54, 1.807) is 13.2 Å². The zero-order valence-corrected chi connectivity index (χ0v) is 12.1. The van der Waals surface area contributed by atoms with E-state index in [1.165, 1.54) is 18.9 Å². The molecule has 3 nitrogen and oxygen atoms in total. The van der Waals surface area contributed by atoms with Crippen LogP contribution in [0.4, 0.5) is 15.8 Å². The second-order valence-electron chi connectivity index (χ2n) is 5.09. The molecule has 0 heterocycles. The summed E-state index contributed by atoms with van der Waals surface area (Å²) in [6, 6.07) is 3.26. The van der Waals surface area contributed by atoms with E-state index in [9.17, 15) is 4.39 Å². The first-order chi connectivity index (χ1) is 9.04. The monoisotopic (exact) mass is 286 g/mol. The number of benzene rings is 1. The van der Waals surface area contributed by atoms with Crippen LogP contribution in [0.1, 0.15) is 19.8 Å². The molecule has 1 unspecified atom stereocenters. The molecular formula is C14H20ClFN2O. The number of halogens is 2. The highest BCUT2D eigenvalue weighted by molar-refractivity contribution is 6.31. The molecular weight excluding hydrogens is 267 g/mol. The maximum absolute atomic E-state index is 13.4. The van der Waals surface area contributed by atoms with Crippen LogP contribution in [-0.4, -0.2) is 26.3 Å². The van der Waals surface area contributed by atoms with Gasteiger partial charge in [-0.1, -0.05) is 11.6 Å². The van der Waals surface area contributed by atoms with Crippen molar-refractivity contribution in [3.63, 3.8) is 0 Å². The maximum atomic E-state index is 13.4. The maximum Gasteiger partial charge on any atom is 0.143 e. The third kappa shape index (κ3) is 3.31. The Bertz CT molecular complexity index is 451. The summed E-state index contributed by atoms with van der Waals surface area (Å²) in [7, 11) is 1.67. The van der Waals surface area contributed by atoms with Crippen molar-refractivity contribution in [2.45, 2.75) is 25.8 Å². The molecule has 0 bridgehead atoms. The number of nitrogen functional groups attached to an aromatic ring is 1. The quantitative estimate of drug-likeness (QED) is 0.816. The summed E-state index contributed by atoms with van der Waals surface area (Å²) in [5.41, 5.74) is 7.16. The molecule has 1 aromatic rings. The summed E-state index contributed by atoms with van der Waals surface area (Å²) >= 11 is 5.88. The largest absolute Gasteiger partial charge is 0.397 e. The number of hydrogen-bond acceptors (Lipinski definition) is 3. The van der Waals surface area contributed by atoms with Crippen LogP contribution in [0.2, 0.25) is 5.02 Å². The van der Waals surface area contributed by atoms with Gasteiger partial charge in [-0.15, -0.1) is 0 Å². The van der Waals surface area contributed by atoms with Crippen LogP contribution in [0, 0.1) is 11.7 Å². The van der Waals surface area contributed by atoms with E-state index < -0.39 is 5.82 Å². The van der Waals surface area contributed by atoms with E-state index in [4.69, 9.17) is 22.1 Å². The fourth-order valence-corrected chi connectivity index (χ4v) is 2.52. The SMILES string of the molecule is COCCN(c1cc(Cl)c(F)cc1N)C(C)C1CC1. The summed E-state index contributed by atoms with van der Waals surface area (Å²) in [6.45, 7) is 3.50. The van der Waals surface area contributed by atoms with E-state index in [-0.39, 0.29) is 5.02 Å². The third-order valence-corrected chi connectivity index (χ3v) is 4.00. The molecule has 0 amide bonds. The summed E-state index contributed by atoms with van der Waals surface area (Å²) in [6.07, 6.45) is 2.47. The molecule has 5 heteroatoms. The number of rotatable bonds is 6. The predicted molar refractivity (Wildman–Crippen MR) is 77.2 cm³/mol. The topological polar surface area (TPSA) is 38.5 Å². The number of methoxy groups -OCH3 is 1. The fourth-order valence-electron chi connectivity index (χ4n) is 2.37. The Kier molecular flexibility index (Phi) is 4.53. The molecule has 1 aliphatic carbocycles. The molecule has 0 spiro atoms. The number of nitrogens with two attached hydrogens (primary N) is 1. The van der Waals surface area contributed by atoms with Crippen molar-refractivity contribution in [2.75, 3.05) is 30.9 Å². The predicted octanol–water partition coefficient (Wildman–Crippen LogP) is 3.31. The molecule has 1 aliphatic rings. The summed E-state index contributed by atoms with van der Waals surface area (Å²) in [4.78, 5) is 2.17. The smallest absolute Gasteiger partial charge is 0.143 e. The zero-order valence-electron chi connectivity index (χ0n) is 11.3. The molecule has 0 radical (unpaired) electrons. The Hall–Kier alpha value is -1.00. The molecule has 0 saturated heterocycles. The van der Waals surface area contributed by atoms with Crippen molar-refractivity contribution in [3.8, 4) is 0 Å². The molecule has 1 atom stereocenters. The first-order valence-electron chi connectivity index (χ1n) is 6.54. The van der Waals surface area contributed by atoms with E-state index in [2.05, 4.69) is 11.8 Å². The number of ether oxygens (including phenoxy) is 1. The van der Waals surface area contributed by atoms with Gasteiger partial charge in [0.05, 0.1) is 23.0 Å². The van der Waals surface area contributed by atoms with Gasteiger partial charge in [0.25, 0.3) is 0 Å².